The van der Waals surface area contributed by atoms with Crippen molar-refractivity contribution in [2.45, 2.75) is 59.5 Å². The first-order chi connectivity index (χ1) is 7.32. The minimum Gasteiger partial charge on any atom is -0.392 e. The van der Waals surface area contributed by atoms with Crippen LogP contribution < -0.4 is 0 Å². The molecular weight excluding hydrogens is 196 g/mol. The lowest BCUT2D eigenvalue weighted by atomic mass is 9.60. The average Bonchev–Trinajstić information content (AvgIpc) is 2.47. The average molecular weight is 220 g/mol. The fraction of sp³-hybridized carbons (Fsp3) is 1.00. The van der Waals surface area contributed by atoms with Crippen LogP contribution in [-0.2, 0) is 0 Å². The van der Waals surface area contributed by atoms with Crippen LogP contribution in [0.2, 0.25) is 0 Å². The van der Waals surface area contributed by atoms with Crippen LogP contribution in [0.25, 0.3) is 0 Å². The first kappa shape index (κ1) is 9.94. The Balaban J connectivity index is 1.96. The van der Waals surface area contributed by atoms with Crippen LogP contribution in [0.1, 0.15) is 53.4 Å². The van der Waals surface area contributed by atoms with Gasteiger partial charge < -0.3 is 5.11 Å². The summed E-state index contributed by atoms with van der Waals surface area (Å²) in [4.78, 5) is 0. The molecule has 1 nitrogen and oxygen atoms in total. The van der Waals surface area contributed by atoms with Gasteiger partial charge in [-0.05, 0) is 53.8 Å². The quantitative estimate of drug-likeness (QED) is 0.664. The van der Waals surface area contributed by atoms with Crippen molar-refractivity contribution in [3.05, 3.63) is 0 Å². The molecule has 0 aliphatic heterocycles. The molecule has 5 saturated carbocycles. The lowest BCUT2D eigenvalue weighted by Crippen LogP contribution is -2.44. The number of hydrogen-bond acceptors (Lipinski definition) is 1. The van der Waals surface area contributed by atoms with Crippen LogP contribution in [0, 0.1) is 33.5 Å². The topological polar surface area (TPSA) is 20.2 Å². The van der Waals surface area contributed by atoms with Crippen LogP contribution in [0.3, 0.4) is 0 Å². The maximum Gasteiger partial charge on any atom is 0.0610 e. The second-order valence-electron chi connectivity index (χ2n) is 8.19. The molecule has 4 bridgehead atoms. The summed E-state index contributed by atoms with van der Waals surface area (Å²) in [7, 11) is 0. The highest BCUT2D eigenvalue weighted by Crippen LogP contribution is 2.99. The van der Waals surface area contributed by atoms with Gasteiger partial charge in [-0.2, -0.15) is 0 Å². The highest BCUT2D eigenvalue weighted by Gasteiger charge is 2.95. The molecule has 90 valence electrons. The van der Waals surface area contributed by atoms with Crippen LogP contribution >= 0.6 is 0 Å². The van der Waals surface area contributed by atoms with Crippen LogP contribution in [0.5, 0.6) is 0 Å². The van der Waals surface area contributed by atoms with Crippen molar-refractivity contribution in [3.63, 3.8) is 0 Å². The Labute approximate surface area is 98.6 Å². The molecule has 16 heavy (non-hydrogen) atoms. The smallest absolute Gasteiger partial charge is 0.0610 e. The van der Waals surface area contributed by atoms with E-state index in [1.54, 1.807) is 0 Å². The number of aliphatic hydroxyl groups is 1. The van der Waals surface area contributed by atoms with E-state index in [0.717, 1.165) is 18.3 Å². The predicted octanol–water partition coefficient (Wildman–Crippen LogP) is 3.22. The van der Waals surface area contributed by atoms with Gasteiger partial charge in [0, 0.05) is 5.41 Å². The van der Waals surface area contributed by atoms with E-state index in [-0.39, 0.29) is 6.10 Å². The van der Waals surface area contributed by atoms with Crippen molar-refractivity contribution in [1.82, 2.24) is 0 Å². The molecule has 0 aromatic heterocycles. The molecule has 0 aromatic carbocycles. The van der Waals surface area contributed by atoms with E-state index in [1.165, 1.54) is 19.3 Å². The molecular formula is C15H24O. The van der Waals surface area contributed by atoms with Gasteiger partial charge in [-0.1, -0.05) is 27.7 Å². The minimum absolute atomic E-state index is 0.00646. The zero-order valence-electron chi connectivity index (χ0n) is 11.0. The van der Waals surface area contributed by atoms with Gasteiger partial charge in [0.1, 0.15) is 0 Å². The molecule has 0 aromatic rings. The van der Waals surface area contributed by atoms with E-state index in [2.05, 4.69) is 27.7 Å². The SMILES string of the molecule is CC1(C)[C@H]2C[C@@H]3[C@@]14[C@H](O)CCC(C)(C)[C@]34C2. The standard InChI is InChI=1S/C15H24O/c1-12(2)6-5-11(16)15-10-7-9(13(15,3)4)8-14(10,12)15/h9-11,16H,5-8H2,1-4H3/t9-,10-,11+,14-,15+/m0/s1. The first-order valence-corrected chi connectivity index (χ1v) is 7.00. The molecule has 2 spiro atoms. The fourth-order valence-corrected chi connectivity index (χ4v) is 7.23. The highest BCUT2D eigenvalue weighted by atomic mass is 16.3. The summed E-state index contributed by atoms with van der Waals surface area (Å²) in [5.41, 5.74) is 1.70. The second kappa shape index (κ2) is 2.13. The third kappa shape index (κ3) is 0.573. The van der Waals surface area contributed by atoms with Crippen molar-refractivity contribution >= 4 is 0 Å². The zero-order chi connectivity index (χ0) is 11.6. The summed E-state index contributed by atoms with van der Waals surface area (Å²) >= 11 is 0. The summed E-state index contributed by atoms with van der Waals surface area (Å²) in [5.74, 6) is 1.75. The Kier molecular flexibility index (Phi) is 1.33. The lowest BCUT2D eigenvalue weighted by molar-refractivity contribution is -0.0567. The summed E-state index contributed by atoms with van der Waals surface area (Å²) in [5, 5.41) is 10.6. The van der Waals surface area contributed by atoms with Crippen molar-refractivity contribution in [2.75, 3.05) is 0 Å². The Morgan fingerprint density at radius 1 is 1.12 bits per heavy atom. The van der Waals surface area contributed by atoms with Crippen LogP contribution in [0.15, 0.2) is 0 Å². The first-order valence-electron chi connectivity index (χ1n) is 7.00. The molecule has 0 radical (unpaired) electrons. The van der Waals surface area contributed by atoms with E-state index in [1.807, 2.05) is 0 Å². The maximum absolute atomic E-state index is 10.6. The summed E-state index contributed by atoms with van der Waals surface area (Å²) < 4.78 is 0. The van der Waals surface area contributed by atoms with Crippen molar-refractivity contribution in [3.8, 4) is 0 Å². The van der Waals surface area contributed by atoms with Gasteiger partial charge in [-0.15, -0.1) is 0 Å². The molecule has 0 saturated heterocycles. The second-order valence-corrected chi connectivity index (χ2v) is 8.19. The molecule has 5 aliphatic carbocycles. The van der Waals surface area contributed by atoms with E-state index < -0.39 is 0 Å². The van der Waals surface area contributed by atoms with Gasteiger partial charge in [0.25, 0.3) is 0 Å². The maximum atomic E-state index is 10.6. The third-order valence-corrected chi connectivity index (χ3v) is 7.75. The van der Waals surface area contributed by atoms with E-state index >= 15 is 0 Å². The Morgan fingerprint density at radius 2 is 1.81 bits per heavy atom. The fourth-order valence-electron chi connectivity index (χ4n) is 7.23. The monoisotopic (exact) mass is 220 g/mol. The number of rotatable bonds is 0. The van der Waals surface area contributed by atoms with E-state index in [4.69, 9.17) is 0 Å². The molecule has 5 aliphatic rings. The molecule has 5 atom stereocenters. The van der Waals surface area contributed by atoms with Crippen LogP contribution in [0.4, 0.5) is 0 Å². The Morgan fingerprint density at radius 3 is 2.38 bits per heavy atom. The molecule has 0 amide bonds. The molecule has 1 heteroatoms. The van der Waals surface area contributed by atoms with Crippen molar-refractivity contribution < 1.29 is 5.11 Å². The molecule has 1 N–H and O–H groups in total. The predicted molar refractivity (Wildman–Crippen MR) is 63.9 cm³/mol. The van der Waals surface area contributed by atoms with Crippen molar-refractivity contribution in [2.24, 2.45) is 33.5 Å². The lowest BCUT2D eigenvalue weighted by Gasteiger charge is -2.46. The molecule has 5 rings (SSSR count). The van der Waals surface area contributed by atoms with Gasteiger partial charge >= 0.3 is 0 Å². The van der Waals surface area contributed by atoms with Crippen molar-refractivity contribution in [1.29, 1.82) is 0 Å². The summed E-state index contributed by atoms with van der Waals surface area (Å²) in [6.45, 7) is 9.82. The van der Waals surface area contributed by atoms with E-state index in [9.17, 15) is 5.11 Å². The van der Waals surface area contributed by atoms with Gasteiger partial charge in [-0.25, -0.2) is 0 Å². The Hall–Kier alpha value is -0.0400. The number of hydrogen-bond donors (Lipinski definition) is 1. The van der Waals surface area contributed by atoms with Gasteiger partial charge in [0.2, 0.25) is 0 Å². The molecule has 5 fully saturated rings. The normalized spacial score (nSPS) is 63.2. The largest absolute Gasteiger partial charge is 0.392 e. The highest BCUT2D eigenvalue weighted by molar-refractivity contribution is 5.42. The molecule has 0 heterocycles. The van der Waals surface area contributed by atoms with Gasteiger partial charge in [0.15, 0.2) is 0 Å². The zero-order valence-corrected chi connectivity index (χ0v) is 11.0. The van der Waals surface area contributed by atoms with Crippen LogP contribution in [-0.4, -0.2) is 11.2 Å². The van der Waals surface area contributed by atoms with E-state index in [0.29, 0.717) is 21.7 Å². The third-order valence-electron chi connectivity index (χ3n) is 7.75. The Bertz CT molecular complexity index is 383. The van der Waals surface area contributed by atoms with Gasteiger partial charge in [-0.3, -0.25) is 0 Å². The summed E-state index contributed by atoms with van der Waals surface area (Å²) in [6, 6.07) is 0. The summed E-state index contributed by atoms with van der Waals surface area (Å²) in [6.07, 6.45) is 5.09. The van der Waals surface area contributed by atoms with Gasteiger partial charge in [0.05, 0.1) is 6.10 Å². The molecule has 0 unspecified atom stereocenters. The minimum atomic E-state index is -0.00646. The number of aliphatic hydroxyl groups excluding tert-OH is 1.